The van der Waals surface area contributed by atoms with E-state index in [1.807, 2.05) is 32.0 Å². The third-order valence-corrected chi connectivity index (χ3v) is 5.59. The standard InChI is InChI=1S/C24H33N3O2/c1-4-26-11-13-27(14-12-26)17-22-8-6-5-7-21(22)16-25-24(28)18-29-23-10-9-19(2)15-20(23)3/h5-10,15H,4,11-14,16-18H2,1-3H3,(H,25,28). The molecule has 0 atom stereocenters. The molecule has 156 valence electrons. The van der Waals surface area contributed by atoms with Crippen LogP contribution in [-0.4, -0.2) is 55.0 Å². The first-order valence-electron chi connectivity index (χ1n) is 10.5. The Bertz CT molecular complexity index is 814. The van der Waals surface area contributed by atoms with Gasteiger partial charge in [-0.05, 0) is 43.1 Å². The van der Waals surface area contributed by atoms with Crippen molar-refractivity contribution in [1.29, 1.82) is 0 Å². The normalized spacial score (nSPS) is 15.3. The van der Waals surface area contributed by atoms with E-state index in [-0.39, 0.29) is 12.5 Å². The van der Waals surface area contributed by atoms with Gasteiger partial charge in [-0.1, -0.05) is 48.9 Å². The molecule has 0 spiro atoms. The number of benzene rings is 2. The summed E-state index contributed by atoms with van der Waals surface area (Å²) in [5.41, 5.74) is 4.69. The third kappa shape index (κ3) is 6.31. The number of hydrogen-bond donors (Lipinski definition) is 1. The van der Waals surface area contributed by atoms with E-state index in [1.54, 1.807) is 0 Å². The highest BCUT2D eigenvalue weighted by molar-refractivity contribution is 5.77. The Balaban J connectivity index is 1.49. The van der Waals surface area contributed by atoms with Crippen LogP contribution in [0.3, 0.4) is 0 Å². The number of rotatable bonds is 8. The molecule has 0 aliphatic carbocycles. The summed E-state index contributed by atoms with van der Waals surface area (Å²) in [6, 6.07) is 14.4. The summed E-state index contributed by atoms with van der Waals surface area (Å²) in [6.45, 7) is 13.3. The Morgan fingerprint density at radius 2 is 1.69 bits per heavy atom. The summed E-state index contributed by atoms with van der Waals surface area (Å²) >= 11 is 0. The van der Waals surface area contributed by atoms with Gasteiger partial charge in [-0.25, -0.2) is 0 Å². The average Bonchev–Trinajstić information content (AvgIpc) is 2.73. The van der Waals surface area contributed by atoms with Crippen LogP contribution in [0.2, 0.25) is 0 Å². The van der Waals surface area contributed by atoms with E-state index in [0.717, 1.165) is 50.6 Å². The van der Waals surface area contributed by atoms with Crippen molar-refractivity contribution in [3.63, 3.8) is 0 Å². The van der Waals surface area contributed by atoms with Crippen LogP contribution in [0, 0.1) is 13.8 Å². The minimum atomic E-state index is -0.101. The van der Waals surface area contributed by atoms with Gasteiger partial charge in [-0.2, -0.15) is 0 Å². The Hall–Kier alpha value is -2.37. The molecule has 1 heterocycles. The molecule has 0 unspecified atom stereocenters. The number of hydrogen-bond acceptors (Lipinski definition) is 4. The second-order valence-electron chi connectivity index (χ2n) is 7.81. The van der Waals surface area contributed by atoms with Gasteiger partial charge in [0, 0.05) is 39.3 Å². The molecule has 2 aromatic rings. The Labute approximate surface area is 174 Å². The second-order valence-corrected chi connectivity index (χ2v) is 7.81. The van der Waals surface area contributed by atoms with Crippen molar-refractivity contribution in [2.45, 2.75) is 33.9 Å². The van der Waals surface area contributed by atoms with Gasteiger partial charge in [0.15, 0.2) is 6.61 Å². The number of carbonyl (C=O) groups is 1. The second kappa shape index (κ2) is 10.4. The number of nitrogens with zero attached hydrogens (tertiary/aromatic N) is 2. The fraction of sp³-hybridized carbons (Fsp3) is 0.458. The minimum absolute atomic E-state index is 0.0328. The van der Waals surface area contributed by atoms with E-state index in [4.69, 9.17) is 4.74 Å². The maximum Gasteiger partial charge on any atom is 0.258 e. The maximum absolute atomic E-state index is 12.3. The SMILES string of the molecule is CCN1CCN(Cc2ccccc2CNC(=O)COc2ccc(C)cc2C)CC1. The van der Waals surface area contributed by atoms with Crippen LogP contribution in [0.15, 0.2) is 42.5 Å². The highest BCUT2D eigenvalue weighted by Gasteiger charge is 2.16. The zero-order valence-corrected chi connectivity index (χ0v) is 17.9. The zero-order valence-electron chi connectivity index (χ0n) is 17.9. The summed E-state index contributed by atoms with van der Waals surface area (Å²) in [4.78, 5) is 17.3. The summed E-state index contributed by atoms with van der Waals surface area (Å²) in [7, 11) is 0. The van der Waals surface area contributed by atoms with Gasteiger partial charge in [-0.15, -0.1) is 0 Å². The molecule has 1 aliphatic heterocycles. The fourth-order valence-electron chi connectivity index (χ4n) is 3.74. The van der Waals surface area contributed by atoms with Crippen LogP contribution >= 0.6 is 0 Å². The Morgan fingerprint density at radius 1 is 1.00 bits per heavy atom. The Morgan fingerprint density at radius 3 is 2.38 bits per heavy atom. The molecule has 2 aromatic carbocycles. The number of aryl methyl sites for hydroxylation is 2. The molecule has 0 saturated carbocycles. The van der Waals surface area contributed by atoms with Crippen molar-refractivity contribution in [1.82, 2.24) is 15.1 Å². The van der Waals surface area contributed by atoms with Gasteiger partial charge >= 0.3 is 0 Å². The molecule has 0 aromatic heterocycles. The van der Waals surface area contributed by atoms with Crippen LogP contribution < -0.4 is 10.1 Å². The molecule has 1 saturated heterocycles. The lowest BCUT2D eigenvalue weighted by atomic mass is 10.1. The van der Waals surface area contributed by atoms with Gasteiger partial charge in [0.25, 0.3) is 5.91 Å². The topological polar surface area (TPSA) is 44.8 Å². The van der Waals surface area contributed by atoms with Crippen molar-refractivity contribution >= 4 is 5.91 Å². The van der Waals surface area contributed by atoms with Crippen molar-refractivity contribution in [2.75, 3.05) is 39.3 Å². The molecule has 29 heavy (non-hydrogen) atoms. The summed E-state index contributed by atoms with van der Waals surface area (Å²) in [6.07, 6.45) is 0. The first-order valence-corrected chi connectivity index (χ1v) is 10.5. The predicted octanol–water partition coefficient (Wildman–Crippen LogP) is 3.14. The number of ether oxygens (including phenoxy) is 1. The highest BCUT2D eigenvalue weighted by Crippen LogP contribution is 2.18. The van der Waals surface area contributed by atoms with E-state index in [1.165, 1.54) is 16.7 Å². The first kappa shape index (κ1) is 21.3. The Kier molecular flexibility index (Phi) is 7.67. The molecule has 1 aliphatic rings. The van der Waals surface area contributed by atoms with E-state index in [0.29, 0.717) is 6.54 Å². The summed E-state index contributed by atoms with van der Waals surface area (Å²) in [5.74, 6) is 0.661. The lowest BCUT2D eigenvalue weighted by molar-refractivity contribution is -0.123. The molecule has 5 nitrogen and oxygen atoms in total. The lowest BCUT2D eigenvalue weighted by Crippen LogP contribution is -2.45. The molecule has 0 radical (unpaired) electrons. The van der Waals surface area contributed by atoms with Gasteiger partial charge in [-0.3, -0.25) is 9.69 Å². The fourth-order valence-corrected chi connectivity index (χ4v) is 3.74. The molecular weight excluding hydrogens is 362 g/mol. The highest BCUT2D eigenvalue weighted by atomic mass is 16.5. The van der Waals surface area contributed by atoms with E-state index >= 15 is 0 Å². The van der Waals surface area contributed by atoms with E-state index in [9.17, 15) is 4.79 Å². The van der Waals surface area contributed by atoms with Gasteiger partial charge in [0.05, 0.1) is 0 Å². The van der Waals surface area contributed by atoms with Crippen molar-refractivity contribution in [3.05, 3.63) is 64.7 Å². The predicted molar refractivity (Wildman–Crippen MR) is 117 cm³/mol. The van der Waals surface area contributed by atoms with Crippen molar-refractivity contribution in [2.24, 2.45) is 0 Å². The van der Waals surface area contributed by atoms with E-state index in [2.05, 4.69) is 46.3 Å². The quantitative estimate of drug-likeness (QED) is 0.746. The van der Waals surface area contributed by atoms with Gasteiger partial charge < -0.3 is 15.0 Å². The van der Waals surface area contributed by atoms with Crippen molar-refractivity contribution in [3.8, 4) is 5.75 Å². The van der Waals surface area contributed by atoms with Crippen LogP contribution in [0.1, 0.15) is 29.2 Å². The molecule has 3 rings (SSSR count). The van der Waals surface area contributed by atoms with Gasteiger partial charge in [0.1, 0.15) is 5.75 Å². The van der Waals surface area contributed by atoms with Crippen LogP contribution in [-0.2, 0) is 17.9 Å². The molecule has 1 amide bonds. The lowest BCUT2D eigenvalue weighted by Gasteiger charge is -2.34. The summed E-state index contributed by atoms with van der Waals surface area (Å²) in [5, 5.41) is 3.00. The number of nitrogens with one attached hydrogen (secondary N) is 1. The zero-order chi connectivity index (χ0) is 20.6. The molecular formula is C24H33N3O2. The summed E-state index contributed by atoms with van der Waals surface area (Å²) < 4.78 is 5.69. The maximum atomic E-state index is 12.3. The number of carbonyl (C=O) groups excluding carboxylic acids is 1. The van der Waals surface area contributed by atoms with Crippen LogP contribution in [0.4, 0.5) is 0 Å². The van der Waals surface area contributed by atoms with Gasteiger partial charge in [0.2, 0.25) is 0 Å². The molecule has 0 bridgehead atoms. The first-order chi connectivity index (χ1) is 14.0. The largest absolute Gasteiger partial charge is 0.484 e. The monoisotopic (exact) mass is 395 g/mol. The number of amides is 1. The van der Waals surface area contributed by atoms with Crippen molar-refractivity contribution < 1.29 is 9.53 Å². The van der Waals surface area contributed by atoms with Crippen LogP contribution in [0.25, 0.3) is 0 Å². The molecule has 1 N–H and O–H groups in total. The van der Waals surface area contributed by atoms with E-state index < -0.39 is 0 Å². The van der Waals surface area contributed by atoms with Crippen LogP contribution in [0.5, 0.6) is 5.75 Å². The minimum Gasteiger partial charge on any atom is -0.484 e. The number of likely N-dealkylation sites (N-methyl/N-ethyl adjacent to an activating group) is 1. The molecule has 5 heteroatoms. The smallest absolute Gasteiger partial charge is 0.258 e. The molecule has 1 fully saturated rings. The third-order valence-electron chi connectivity index (χ3n) is 5.59. The number of piperazine rings is 1. The average molecular weight is 396 g/mol.